The van der Waals surface area contributed by atoms with Crippen LogP contribution < -0.4 is 10.2 Å². The van der Waals surface area contributed by atoms with E-state index in [0.29, 0.717) is 21.4 Å². The zero-order valence-electron chi connectivity index (χ0n) is 12.8. The third-order valence-corrected chi connectivity index (χ3v) is 4.07. The summed E-state index contributed by atoms with van der Waals surface area (Å²) in [5.74, 6) is -1.40. The van der Waals surface area contributed by atoms with Gasteiger partial charge in [0.1, 0.15) is 0 Å². The Morgan fingerprint density at radius 2 is 1.52 bits per heavy atom. The number of carbonyl (C=O) groups is 3. The molecule has 3 rings (SSSR count). The second kappa shape index (κ2) is 7.09. The molecule has 0 saturated carbocycles. The minimum absolute atomic E-state index is 0.129. The van der Waals surface area contributed by atoms with E-state index in [1.54, 1.807) is 48.5 Å². The summed E-state index contributed by atoms with van der Waals surface area (Å²) in [5, 5.41) is 3.67. The fraction of sp³-hybridized carbons (Fsp3) is 0.0556. The van der Waals surface area contributed by atoms with Gasteiger partial charge in [0, 0.05) is 27.4 Å². The SMILES string of the molecule is O=C(/C=C1\CC(=O)N(c2ccc(Cl)cc2)C1=O)Nc1ccc(Cl)cc1. The summed E-state index contributed by atoms with van der Waals surface area (Å²) < 4.78 is 0. The number of nitrogens with zero attached hydrogens (tertiary/aromatic N) is 1. The predicted octanol–water partition coefficient (Wildman–Crippen LogP) is 3.82. The molecule has 5 nitrogen and oxygen atoms in total. The minimum Gasteiger partial charge on any atom is -0.323 e. The second-order valence-corrected chi connectivity index (χ2v) is 6.23. The van der Waals surface area contributed by atoms with Crippen LogP contribution in [0, 0.1) is 0 Å². The van der Waals surface area contributed by atoms with Crippen LogP contribution in [-0.4, -0.2) is 17.7 Å². The first-order chi connectivity index (χ1) is 11.9. The summed E-state index contributed by atoms with van der Waals surface area (Å²) in [6, 6.07) is 12.9. The molecule has 0 bridgehead atoms. The normalized spacial score (nSPS) is 15.8. The van der Waals surface area contributed by atoms with Crippen LogP contribution in [0.5, 0.6) is 0 Å². The average Bonchev–Trinajstić information content (AvgIpc) is 2.84. The van der Waals surface area contributed by atoms with Crippen molar-refractivity contribution in [2.45, 2.75) is 6.42 Å². The van der Waals surface area contributed by atoms with Crippen molar-refractivity contribution >= 4 is 52.3 Å². The zero-order chi connectivity index (χ0) is 18.0. The van der Waals surface area contributed by atoms with Crippen molar-refractivity contribution < 1.29 is 14.4 Å². The summed E-state index contributed by atoms with van der Waals surface area (Å²) in [6.07, 6.45) is 1.01. The van der Waals surface area contributed by atoms with Gasteiger partial charge in [-0.2, -0.15) is 0 Å². The molecular weight excluding hydrogens is 363 g/mol. The molecule has 0 aromatic heterocycles. The third kappa shape index (κ3) is 3.90. The number of halogens is 2. The van der Waals surface area contributed by atoms with Gasteiger partial charge in [0.2, 0.25) is 11.8 Å². The molecule has 0 atom stereocenters. The van der Waals surface area contributed by atoms with Gasteiger partial charge in [0.05, 0.1) is 12.1 Å². The van der Waals surface area contributed by atoms with E-state index in [1.165, 1.54) is 0 Å². The van der Waals surface area contributed by atoms with E-state index in [4.69, 9.17) is 23.2 Å². The number of imide groups is 1. The maximum absolute atomic E-state index is 12.4. The van der Waals surface area contributed by atoms with Gasteiger partial charge < -0.3 is 5.32 Å². The van der Waals surface area contributed by atoms with Crippen LogP contribution in [0.15, 0.2) is 60.2 Å². The van der Waals surface area contributed by atoms with Gasteiger partial charge in [0.15, 0.2) is 0 Å². The Balaban J connectivity index is 1.76. The van der Waals surface area contributed by atoms with Crippen LogP contribution in [0.25, 0.3) is 0 Å². The quantitative estimate of drug-likeness (QED) is 0.655. The van der Waals surface area contributed by atoms with Crippen LogP contribution in [0.3, 0.4) is 0 Å². The molecule has 0 spiro atoms. The number of rotatable bonds is 3. The van der Waals surface area contributed by atoms with Gasteiger partial charge in [0.25, 0.3) is 5.91 Å². The molecule has 126 valence electrons. The fourth-order valence-corrected chi connectivity index (χ4v) is 2.66. The molecule has 1 aliphatic heterocycles. The molecule has 1 saturated heterocycles. The molecule has 1 N–H and O–H groups in total. The van der Waals surface area contributed by atoms with Gasteiger partial charge in [-0.15, -0.1) is 0 Å². The van der Waals surface area contributed by atoms with Gasteiger partial charge in [-0.1, -0.05) is 23.2 Å². The Morgan fingerprint density at radius 3 is 2.12 bits per heavy atom. The second-order valence-electron chi connectivity index (χ2n) is 5.35. The molecule has 3 amide bonds. The lowest BCUT2D eigenvalue weighted by molar-refractivity contribution is -0.121. The average molecular weight is 375 g/mol. The highest BCUT2D eigenvalue weighted by Crippen LogP contribution is 2.27. The molecular formula is C18H12Cl2N2O3. The van der Waals surface area contributed by atoms with E-state index in [-0.39, 0.29) is 12.0 Å². The van der Waals surface area contributed by atoms with Crippen molar-refractivity contribution in [1.29, 1.82) is 0 Å². The van der Waals surface area contributed by atoms with E-state index in [2.05, 4.69) is 5.32 Å². The van der Waals surface area contributed by atoms with E-state index in [0.717, 1.165) is 11.0 Å². The Bertz CT molecular complexity index is 874. The summed E-state index contributed by atoms with van der Waals surface area (Å²) in [7, 11) is 0. The number of carbonyl (C=O) groups excluding carboxylic acids is 3. The number of benzene rings is 2. The highest BCUT2D eigenvalue weighted by molar-refractivity contribution is 6.32. The largest absolute Gasteiger partial charge is 0.323 e. The van der Waals surface area contributed by atoms with Crippen molar-refractivity contribution in [2.75, 3.05) is 10.2 Å². The first-order valence-electron chi connectivity index (χ1n) is 7.34. The summed E-state index contributed by atoms with van der Waals surface area (Å²) >= 11 is 11.6. The van der Waals surface area contributed by atoms with Crippen LogP contribution in [0.1, 0.15) is 6.42 Å². The maximum Gasteiger partial charge on any atom is 0.261 e. The Morgan fingerprint density at radius 1 is 0.960 bits per heavy atom. The van der Waals surface area contributed by atoms with Gasteiger partial charge >= 0.3 is 0 Å². The van der Waals surface area contributed by atoms with Gasteiger partial charge in [-0.05, 0) is 48.5 Å². The fourth-order valence-electron chi connectivity index (χ4n) is 2.41. The first-order valence-corrected chi connectivity index (χ1v) is 8.09. The number of anilines is 2. The lowest BCUT2D eigenvalue weighted by Crippen LogP contribution is -2.29. The molecule has 25 heavy (non-hydrogen) atoms. The molecule has 0 unspecified atom stereocenters. The van der Waals surface area contributed by atoms with Crippen molar-refractivity contribution in [3.8, 4) is 0 Å². The molecule has 2 aromatic rings. The number of hydrogen-bond donors (Lipinski definition) is 1. The summed E-state index contributed by atoms with van der Waals surface area (Å²) in [4.78, 5) is 37.7. The predicted molar refractivity (Wildman–Crippen MR) is 96.7 cm³/mol. The molecule has 2 aromatic carbocycles. The molecule has 0 aliphatic carbocycles. The smallest absolute Gasteiger partial charge is 0.261 e. The van der Waals surface area contributed by atoms with Crippen molar-refractivity contribution in [3.63, 3.8) is 0 Å². The summed E-state index contributed by atoms with van der Waals surface area (Å²) in [6.45, 7) is 0. The number of amides is 3. The lowest BCUT2D eigenvalue weighted by atomic mass is 10.2. The van der Waals surface area contributed by atoms with E-state index in [1.807, 2.05) is 0 Å². The molecule has 1 fully saturated rings. The van der Waals surface area contributed by atoms with Gasteiger partial charge in [-0.25, -0.2) is 4.90 Å². The Kier molecular flexibility index (Phi) is 4.88. The van der Waals surface area contributed by atoms with Crippen LogP contribution in [0.2, 0.25) is 10.0 Å². The maximum atomic E-state index is 12.4. The van der Waals surface area contributed by atoms with Crippen LogP contribution in [0.4, 0.5) is 11.4 Å². The van der Waals surface area contributed by atoms with Crippen LogP contribution >= 0.6 is 23.2 Å². The number of hydrogen-bond acceptors (Lipinski definition) is 3. The highest BCUT2D eigenvalue weighted by atomic mass is 35.5. The van der Waals surface area contributed by atoms with E-state index >= 15 is 0 Å². The summed E-state index contributed by atoms with van der Waals surface area (Å²) in [5.41, 5.74) is 1.09. The molecule has 1 aliphatic rings. The standard InChI is InChI=1S/C18H12Cl2N2O3/c19-12-1-5-14(6-2-12)21-16(23)9-11-10-17(24)22(18(11)25)15-7-3-13(20)4-8-15/h1-9H,10H2,(H,21,23)/b11-9+. The first kappa shape index (κ1) is 17.2. The Labute approximate surface area is 153 Å². The third-order valence-electron chi connectivity index (χ3n) is 3.57. The molecule has 0 radical (unpaired) electrons. The lowest BCUT2D eigenvalue weighted by Gasteiger charge is -2.13. The zero-order valence-corrected chi connectivity index (χ0v) is 14.3. The molecule has 7 heteroatoms. The van der Waals surface area contributed by atoms with E-state index in [9.17, 15) is 14.4 Å². The number of nitrogens with one attached hydrogen (secondary N) is 1. The van der Waals surface area contributed by atoms with Crippen LogP contribution in [-0.2, 0) is 14.4 Å². The minimum atomic E-state index is -0.515. The van der Waals surface area contributed by atoms with E-state index < -0.39 is 17.7 Å². The van der Waals surface area contributed by atoms with Gasteiger partial charge in [-0.3, -0.25) is 14.4 Å². The van der Waals surface area contributed by atoms with Crippen molar-refractivity contribution in [1.82, 2.24) is 0 Å². The topological polar surface area (TPSA) is 66.5 Å². The monoisotopic (exact) mass is 374 g/mol. The van der Waals surface area contributed by atoms with Crippen molar-refractivity contribution in [3.05, 3.63) is 70.2 Å². The highest BCUT2D eigenvalue weighted by Gasteiger charge is 2.35. The Hall–Kier alpha value is -2.63. The molecule has 1 heterocycles. The van der Waals surface area contributed by atoms with Crippen molar-refractivity contribution in [2.24, 2.45) is 0 Å².